The average molecular weight is 451 g/mol. The molecule has 7 nitrogen and oxygen atoms in total. The van der Waals surface area contributed by atoms with Crippen molar-refractivity contribution in [1.82, 2.24) is 19.7 Å². The first-order chi connectivity index (χ1) is 14.8. The molecule has 0 radical (unpaired) electrons. The van der Waals surface area contributed by atoms with Crippen LogP contribution in [0.3, 0.4) is 0 Å². The summed E-state index contributed by atoms with van der Waals surface area (Å²) < 4.78 is 45.7. The average Bonchev–Trinajstić information content (AvgIpc) is 3.14. The Morgan fingerprint density at radius 2 is 1.97 bits per heavy atom. The molecule has 3 aromatic rings. The second-order valence-corrected chi connectivity index (χ2v) is 7.82. The van der Waals surface area contributed by atoms with Crippen molar-refractivity contribution in [3.63, 3.8) is 0 Å². The van der Waals surface area contributed by atoms with Crippen LogP contribution in [-0.2, 0) is 22.3 Å². The number of hydrogen-bond donors (Lipinski definition) is 1. The maximum atomic E-state index is 12.9. The standard InChI is InChI=1S/C20H20F3N5O2S/c1-13(18(29)25-16-5-3-4-15(12-16)20(21,22)23)31-19-27-26-17(28(19)10-11-30-2)14-6-8-24-9-7-14/h3-9,12-13H,10-11H2,1-2H3,(H,25,29). The Kier molecular flexibility index (Phi) is 7.29. The van der Waals surface area contributed by atoms with E-state index in [0.29, 0.717) is 24.1 Å². The highest BCUT2D eigenvalue weighted by atomic mass is 32.2. The van der Waals surface area contributed by atoms with Crippen LogP contribution in [-0.4, -0.2) is 44.6 Å². The van der Waals surface area contributed by atoms with Gasteiger partial charge in [0.15, 0.2) is 11.0 Å². The molecule has 2 aromatic heterocycles. The molecular formula is C20H20F3N5O2S. The summed E-state index contributed by atoms with van der Waals surface area (Å²) >= 11 is 1.16. The molecule has 1 atom stereocenters. The van der Waals surface area contributed by atoms with Crippen LogP contribution in [0.4, 0.5) is 18.9 Å². The Balaban J connectivity index is 1.76. The molecule has 11 heteroatoms. The van der Waals surface area contributed by atoms with Crippen LogP contribution in [0.1, 0.15) is 12.5 Å². The Hall–Kier alpha value is -2.92. The molecule has 0 aliphatic rings. The number of hydrogen-bond acceptors (Lipinski definition) is 6. The third-order valence-electron chi connectivity index (χ3n) is 4.28. The maximum Gasteiger partial charge on any atom is 0.416 e. The van der Waals surface area contributed by atoms with E-state index in [2.05, 4.69) is 20.5 Å². The number of rotatable bonds is 8. The lowest BCUT2D eigenvalue weighted by Crippen LogP contribution is -2.23. The number of anilines is 1. The Morgan fingerprint density at radius 1 is 1.23 bits per heavy atom. The van der Waals surface area contributed by atoms with Crippen LogP contribution in [0, 0.1) is 0 Å². The van der Waals surface area contributed by atoms with Crippen molar-refractivity contribution in [1.29, 1.82) is 0 Å². The Bertz CT molecular complexity index is 1030. The number of halogens is 3. The van der Waals surface area contributed by atoms with Crippen LogP contribution in [0.15, 0.2) is 53.9 Å². The second-order valence-electron chi connectivity index (χ2n) is 6.51. The lowest BCUT2D eigenvalue weighted by Gasteiger charge is -2.14. The summed E-state index contributed by atoms with van der Waals surface area (Å²) in [6.07, 6.45) is -1.20. The first kappa shape index (κ1) is 22.8. The van der Waals surface area contributed by atoms with Crippen LogP contribution in [0.5, 0.6) is 0 Å². The van der Waals surface area contributed by atoms with Gasteiger partial charge in [-0.1, -0.05) is 17.8 Å². The Morgan fingerprint density at radius 3 is 2.65 bits per heavy atom. The molecule has 0 bridgehead atoms. The molecule has 3 rings (SSSR count). The predicted octanol–water partition coefficient (Wildman–Crippen LogP) is 4.12. The van der Waals surface area contributed by atoms with E-state index in [9.17, 15) is 18.0 Å². The van der Waals surface area contributed by atoms with Gasteiger partial charge in [-0.3, -0.25) is 14.3 Å². The first-order valence-electron chi connectivity index (χ1n) is 9.27. The van der Waals surface area contributed by atoms with Crippen LogP contribution in [0.25, 0.3) is 11.4 Å². The number of alkyl halides is 3. The fraction of sp³-hybridized carbons (Fsp3) is 0.300. The van der Waals surface area contributed by atoms with E-state index in [4.69, 9.17) is 4.74 Å². The van der Waals surface area contributed by atoms with Crippen LogP contribution in [0.2, 0.25) is 0 Å². The van der Waals surface area contributed by atoms with Crippen molar-refractivity contribution in [3.8, 4) is 11.4 Å². The zero-order valence-electron chi connectivity index (χ0n) is 16.8. The molecule has 0 fully saturated rings. The van der Waals surface area contributed by atoms with E-state index in [1.165, 1.54) is 12.1 Å². The molecule has 1 N–H and O–H groups in total. The number of thioether (sulfide) groups is 1. The van der Waals surface area contributed by atoms with Gasteiger partial charge in [-0.2, -0.15) is 13.2 Å². The van der Waals surface area contributed by atoms with Crippen LogP contribution < -0.4 is 5.32 Å². The monoisotopic (exact) mass is 451 g/mol. The zero-order chi connectivity index (χ0) is 22.4. The van der Waals surface area contributed by atoms with Gasteiger partial charge >= 0.3 is 6.18 Å². The van der Waals surface area contributed by atoms with Crippen molar-refractivity contribution in [2.45, 2.75) is 30.1 Å². The number of methoxy groups -OCH3 is 1. The number of benzene rings is 1. The van der Waals surface area contributed by atoms with Gasteiger partial charge in [-0.05, 0) is 37.3 Å². The first-order valence-corrected chi connectivity index (χ1v) is 10.1. The van der Waals surface area contributed by atoms with E-state index < -0.39 is 22.9 Å². The summed E-state index contributed by atoms with van der Waals surface area (Å²) in [6, 6.07) is 8.10. The minimum absolute atomic E-state index is 0.0746. The van der Waals surface area contributed by atoms with Gasteiger partial charge in [0.2, 0.25) is 5.91 Å². The van der Waals surface area contributed by atoms with Crippen LogP contribution >= 0.6 is 11.8 Å². The molecule has 1 unspecified atom stereocenters. The number of carbonyl (C=O) groups excluding carboxylic acids is 1. The van der Waals surface area contributed by atoms with Gasteiger partial charge in [0.1, 0.15) is 0 Å². The van der Waals surface area contributed by atoms with Gasteiger partial charge in [-0.25, -0.2) is 0 Å². The third kappa shape index (κ3) is 5.82. The van der Waals surface area contributed by atoms with Gasteiger partial charge in [-0.15, -0.1) is 10.2 Å². The zero-order valence-corrected chi connectivity index (χ0v) is 17.6. The molecule has 0 aliphatic heterocycles. The molecule has 2 heterocycles. The molecule has 1 aromatic carbocycles. The maximum absolute atomic E-state index is 12.9. The van der Waals surface area contributed by atoms with Crippen molar-refractivity contribution < 1.29 is 22.7 Å². The minimum Gasteiger partial charge on any atom is -0.383 e. The molecule has 0 saturated carbocycles. The molecule has 1 amide bonds. The summed E-state index contributed by atoms with van der Waals surface area (Å²) in [5.41, 5.74) is 0.0593. The summed E-state index contributed by atoms with van der Waals surface area (Å²) in [5.74, 6) is 0.156. The fourth-order valence-electron chi connectivity index (χ4n) is 2.70. The summed E-state index contributed by atoms with van der Waals surface area (Å²) in [7, 11) is 1.58. The van der Waals surface area contributed by atoms with Gasteiger partial charge in [0.25, 0.3) is 0 Å². The van der Waals surface area contributed by atoms with Crippen molar-refractivity contribution in [2.24, 2.45) is 0 Å². The fourth-order valence-corrected chi connectivity index (χ4v) is 3.58. The quantitative estimate of drug-likeness (QED) is 0.519. The molecule has 164 valence electrons. The summed E-state index contributed by atoms with van der Waals surface area (Å²) in [5, 5.41) is 10.8. The number of pyridine rings is 1. The van der Waals surface area contributed by atoms with Gasteiger partial charge in [0.05, 0.1) is 24.0 Å². The van der Waals surface area contributed by atoms with E-state index in [-0.39, 0.29) is 5.69 Å². The highest BCUT2D eigenvalue weighted by Gasteiger charge is 2.30. The molecule has 0 spiro atoms. The molecule has 0 aliphatic carbocycles. The van der Waals surface area contributed by atoms with E-state index in [0.717, 1.165) is 29.5 Å². The predicted molar refractivity (Wildman–Crippen MR) is 111 cm³/mol. The van der Waals surface area contributed by atoms with E-state index >= 15 is 0 Å². The van der Waals surface area contributed by atoms with E-state index in [1.54, 1.807) is 38.6 Å². The smallest absolute Gasteiger partial charge is 0.383 e. The highest BCUT2D eigenvalue weighted by molar-refractivity contribution is 8.00. The lowest BCUT2D eigenvalue weighted by atomic mass is 10.2. The van der Waals surface area contributed by atoms with Crippen molar-refractivity contribution >= 4 is 23.4 Å². The largest absolute Gasteiger partial charge is 0.416 e. The third-order valence-corrected chi connectivity index (χ3v) is 5.36. The Labute approximate surface area is 181 Å². The summed E-state index contributed by atoms with van der Waals surface area (Å²) in [6.45, 7) is 2.52. The molecular weight excluding hydrogens is 431 g/mol. The second kappa shape index (κ2) is 9.92. The topological polar surface area (TPSA) is 81.9 Å². The van der Waals surface area contributed by atoms with E-state index in [1.807, 2.05) is 4.57 Å². The van der Waals surface area contributed by atoms with Crippen molar-refractivity contribution in [3.05, 3.63) is 54.4 Å². The molecule has 31 heavy (non-hydrogen) atoms. The van der Waals surface area contributed by atoms with Crippen molar-refractivity contribution in [2.75, 3.05) is 19.0 Å². The van der Waals surface area contributed by atoms with Gasteiger partial charge in [0, 0.05) is 30.8 Å². The number of carbonyl (C=O) groups is 1. The number of nitrogens with zero attached hydrogens (tertiary/aromatic N) is 4. The lowest BCUT2D eigenvalue weighted by molar-refractivity contribution is -0.137. The molecule has 0 saturated heterocycles. The minimum atomic E-state index is -4.48. The normalized spacial score (nSPS) is 12.5. The van der Waals surface area contributed by atoms with Gasteiger partial charge < -0.3 is 10.1 Å². The highest BCUT2D eigenvalue weighted by Crippen LogP contribution is 2.31. The SMILES string of the molecule is COCCn1c(SC(C)C(=O)Nc2cccc(C(F)(F)F)c2)nnc1-c1ccncc1. The number of nitrogens with one attached hydrogen (secondary N) is 1. The number of amides is 1. The number of aromatic nitrogens is 4. The summed E-state index contributed by atoms with van der Waals surface area (Å²) in [4.78, 5) is 16.6. The number of ether oxygens (including phenoxy) is 1.